The van der Waals surface area contributed by atoms with Crippen molar-refractivity contribution < 1.29 is 4.79 Å². The third kappa shape index (κ3) is 4.20. The summed E-state index contributed by atoms with van der Waals surface area (Å²) in [7, 11) is 1.92. The van der Waals surface area contributed by atoms with E-state index in [0.717, 1.165) is 23.6 Å². The molecule has 7 nitrogen and oxygen atoms in total. The summed E-state index contributed by atoms with van der Waals surface area (Å²) in [4.78, 5) is 12.0. The highest BCUT2D eigenvalue weighted by Gasteiger charge is 2.14. The SMILES string of the molecule is CCn1c(SCC(=O)N/N=C\c2cccn2C)nnc1-c1ccccc1. The van der Waals surface area contributed by atoms with Gasteiger partial charge in [-0.15, -0.1) is 10.2 Å². The second-order valence-electron chi connectivity index (χ2n) is 5.54. The van der Waals surface area contributed by atoms with E-state index in [1.165, 1.54) is 11.8 Å². The number of benzene rings is 1. The third-order valence-electron chi connectivity index (χ3n) is 3.77. The fourth-order valence-electron chi connectivity index (χ4n) is 2.42. The summed E-state index contributed by atoms with van der Waals surface area (Å²) in [6.45, 7) is 2.76. The molecule has 0 fully saturated rings. The van der Waals surface area contributed by atoms with Gasteiger partial charge < -0.3 is 9.13 Å². The Morgan fingerprint density at radius 1 is 1.23 bits per heavy atom. The smallest absolute Gasteiger partial charge is 0.250 e. The zero-order chi connectivity index (χ0) is 18.4. The number of thioether (sulfide) groups is 1. The number of nitrogens with one attached hydrogen (secondary N) is 1. The standard InChI is InChI=1S/C18H20N6OS/c1-3-24-17(14-8-5-4-6-9-14)21-22-18(24)26-13-16(25)20-19-12-15-10-7-11-23(15)2/h4-12H,3,13H2,1-2H3,(H,20,25)/b19-12-. The average molecular weight is 368 g/mol. The molecule has 0 atom stereocenters. The number of amides is 1. The fourth-order valence-corrected chi connectivity index (χ4v) is 3.22. The van der Waals surface area contributed by atoms with Crippen LogP contribution in [-0.4, -0.2) is 37.2 Å². The van der Waals surface area contributed by atoms with Gasteiger partial charge in [-0.3, -0.25) is 4.79 Å². The van der Waals surface area contributed by atoms with Gasteiger partial charge in [0.25, 0.3) is 5.91 Å². The van der Waals surface area contributed by atoms with Gasteiger partial charge in [0.05, 0.1) is 17.7 Å². The van der Waals surface area contributed by atoms with E-state index in [4.69, 9.17) is 0 Å². The Hall–Kier alpha value is -2.87. The molecule has 0 bridgehead atoms. The molecule has 1 aromatic carbocycles. The molecule has 0 saturated carbocycles. The summed E-state index contributed by atoms with van der Waals surface area (Å²) < 4.78 is 3.92. The first-order valence-corrected chi connectivity index (χ1v) is 9.22. The molecule has 0 spiro atoms. The van der Waals surface area contributed by atoms with E-state index in [2.05, 4.69) is 20.7 Å². The van der Waals surface area contributed by atoms with Crippen LogP contribution in [0.15, 0.2) is 58.9 Å². The second-order valence-corrected chi connectivity index (χ2v) is 6.48. The molecule has 1 N–H and O–H groups in total. The van der Waals surface area contributed by atoms with Crippen LogP contribution in [-0.2, 0) is 18.4 Å². The molecule has 0 saturated heterocycles. The van der Waals surface area contributed by atoms with E-state index >= 15 is 0 Å². The molecule has 0 unspecified atom stereocenters. The van der Waals surface area contributed by atoms with E-state index in [-0.39, 0.29) is 11.7 Å². The van der Waals surface area contributed by atoms with Gasteiger partial charge >= 0.3 is 0 Å². The minimum absolute atomic E-state index is 0.188. The summed E-state index contributed by atoms with van der Waals surface area (Å²) in [5.74, 6) is 0.835. The van der Waals surface area contributed by atoms with Crippen LogP contribution >= 0.6 is 11.8 Å². The predicted molar refractivity (Wildman–Crippen MR) is 103 cm³/mol. The van der Waals surface area contributed by atoms with Gasteiger partial charge in [0.2, 0.25) is 0 Å². The number of hydrazone groups is 1. The third-order valence-corrected chi connectivity index (χ3v) is 4.73. The van der Waals surface area contributed by atoms with E-state index in [1.54, 1.807) is 6.21 Å². The molecule has 3 aromatic rings. The number of carbonyl (C=O) groups excluding carboxylic acids is 1. The van der Waals surface area contributed by atoms with Gasteiger partial charge in [-0.05, 0) is 19.1 Å². The number of rotatable bonds is 7. The number of carbonyl (C=O) groups is 1. The minimum Gasteiger partial charge on any atom is -0.350 e. The van der Waals surface area contributed by atoms with Crippen molar-refractivity contribution in [2.45, 2.75) is 18.6 Å². The van der Waals surface area contributed by atoms with Gasteiger partial charge in [-0.1, -0.05) is 42.1 Å². The molecule has 1 amide bonds. The van der Waals surface area contributed by atoms with Crippen LogP contribution in [0.25, 0.3) is 11.4 Å². The highest BCUT2D eigenvalue weighted by molar-refractivity contribution is 7.99. The quantitative estimate of drug-likeness (QED) is 0.395. The van der Waals surface area contributed by atoms with Gasteiger partial charge in [-0.25, -0.2) is 5.43 Å². The molecule has 3 rings (SSSR count). The van der Waals surface area contributed by atoms with Crippen molar-refractivity contribution in [2.75, 3.05) is 5.75 Å². The Morgan fingerprint density at radius 3 is 2.73 bits per heavy atom. The zero-order valence-corrected chi connectivity index (χ0v) is 15.5. The van der Waals surface area contributed by atoms with Crippen molar-refractivity contribution >= 4 is 23.9 Å². The molecule has 0 aliphatic carbocycles. The predicted octanol–water partition coefficient (Wildman–Crippen LogP) is 2.55. The molecular weight excluding hydrogens is 348 g/mol. The number of nitrogens with zero attached hydrogens (tertiary/aromatic N) is 5. The van der Waals surface area contributed by atoms with Gasteiger partial charge in [-0.2, -0.15) is 5.10 Å². The van der Waals surface area contributed by atoms with Crippen LogP contribution in [0.1, 0.15) is 12.6 Å². The summed E-state index contributed by atoms with van der Waals surface area (Å²) in [6.07, 6.45) is 3.53. The molecule has 0 radical (unpaired) electrons. The Labute approximate surface area is 156 Å². The van der Waals surface area contributed by atoms with Crippen LogP contribution in [0.2, 0.25) is 0 Å². The monoisotopic (exact) mass is 368 g/mol. The van der Waals surface area contributed by atoms with Crippen molar-refractivity contribution in [3.63, 3.8) is 0 Å². The largest absolute Gasteiger partial charge is 0.350 e. The maximum atomic E-state index is 12.0. The molecule has 134 valence electrons. The summed E-state index contributed by atoms with van der Waals surface area (Å²) in [6, 6.07) is 13.7. The van der Waals surface area contributed by atoms with E-state index < -0.39 is 0 Å². The lowest BCUT2D eigenvalue weighted by molar-refractivity contribution is -0.118. The number of hydrogen-bond acceptors (Lipinski definition) is 5. The zero-order valence-electron chi connectivity index (χ0n) is 14.7. The topological polar surface area (TPSA) is 77.1 Å². The van der Waals surface area contributed by atoms with E-state index in [0.29, 0.717) is 5.16 Å². The van der Waals surface area contributed by atoms with Crippen molar-refractivity contribution in [3.8, 4) is 11.4 Å². The van der Waals surface area contributed by atoms with Gasteiger partial charge in [0.1, 0.15) is 0 Å². The van der Waals surface area contributed by atoms with Crippen LogP contribution in [0.4, 0.5) is 0 Å². The van der Waals surface area contributed by atoms with Crippen LogP contribution in [0, 0.1) is 0 Å². The highest BCUT2D eigenvalue weighted by Crippen LogP contribution is 2.23. The first kappa shape index (κ1) is 17.9. The summed E-state index contributed by atoms with van der Waals surface area (Å²) >= 11 is 1.34. The van der Waals surface area contributed by atoms with Crippen LogP contribution < -0.4 is 5.43 Å². The van der Waals surface area contributed by atoms with Crippen LogP contribution in [0.3, 0.4) is 0 Å². The Morgan fingerprint density at radius 2 is 2.04 bits per heavy atom. The molecule has 26 heavy (non-hydrogen) atoms. The highest BCUT2D eigenvalue weighted by atomic mass is 32.2. The van der Waals surface area contributed by atoms with Gasteiger partial charge in [0.15, 0.2) is 11.0 Å². The minimum atomic E-state index is -0.188. The number of aryl methyl sites for hydroxylation is 1. The first-order valence-electron chi connectivity index (χ1n) is 8.23. The molecule has 8 heteroatoms. The Balaban J connectivity index is 1.59. The lowest BCUT2D eigenvalue weighted by atomic mass is 10.2. The second kappa shape index (κ2) is 8.48. The van der Waals surface area contributed by atoms with Crippen molar-refractivity contribution in [3.05, 3.63) is 54.4 Å². The lowest BCUT2D eigenvalue weighted by Gasteiger charge is -2.06. The molecular formula is C18H20N6OS. The van der Waals surface area contributed by atoms with Gasteiger partial charge in [0, 0.05) is 25.4 Å². The van der Waals surface area contributed by atoms with E-state index in [1.807, 2.05) is 71.8 Å². The maximum absolute atomic E-state index is 12.0. The molecule has 2 heterocycles. The normalized spacial score (nSPS) is 11.2. The lowest BCUT2D eigenvalue weighted by Crippen LogP contribution is -2.20. The Bertz CT molecular complexity index is 900. The van der Waals surface area contributed by atoms with Crippen molar-refractivity contribution in [1.29, 1.82) is 0 Å². The fraction of sp³-hybridized carbons (Fsp3) is 0.222. The van der Waals surface area contributed by atoms with Crippen molar-refractivity contribution in [2.24, 2.45) is 12.1 Å². The summed E-state index contributed by atoms with van der Waals surface area (Å²) in [5, 5.41) is 13.2. The molecule has 2 aromatic heterocycles. The summed E-state index contributed by atoms with van der Waals surface area (Å²) in [5.41, 5.74) is 4.45. The first-order chi connectivity index (χ1) is 12.7. The van der Waals surface area contributed by atoms with E-state index in [9.17, 15) is 4.79 Å². The van der Waals surface area contributed by atoms with Crippen LogP contribution in [0.5, 0.6) is 0 Å². The number of hydrogen-bond donors (Lipinski definition) is 1. The molecule has 0 aliphatic rings. The van der Waals surface area contributed by atoms with Crippen molar-refractivity contribution in [1.82, 2.24) is 24.8 Å². The maximum Gasteiger partial charge on any atom is 0.250 e. The number of aromatic nitrogens is 4. The molecule has 0 aliphatic heterocycles. The average Bonchev–Trinajstić information content (AvgIpc) is 3.26. The Kier molecular flexibility index (Phi) is 5.85.